The third kappa shape index (κ3) is 23.2. The normalized spacial score (nSPS) is 11.1. The van der Waals surface area contributed by atoms with Gasteiger partial charge in [-0.25, -0.2) is 14.6 Å². The molecule has 0 fully saturated rings. The highest BCUT2D eigenvalue weighted by Crippen LogP contribution is 2.05. The van der Waals surface area contributed by atoms with Crippen molar-refractivity contribution in [3.8, 4) is 0 Å². The Labute approximate surface area is 97.6 Å². The van der Waals surface area contributed by atoms with Gasteiger partial charge in [-0.1, -0.05) is 0 Å². The van der Waals surface area contributed by atoms with Gasteiger partial charge in [-0.15, -0.1) is 0 Å². The van der Waals surface area contributed by atoms with Crippen LogP contribution in [0.2, 0.25) is 0 Å². The highest BCUT2D eigenvalue weighted by atomic mass is 17.2. The van der Waals surface area contributed by atoms with Crippen LogP contribution in [0.1, 0.15) is 48.5 Å². The van der Waals surface area contributed by atoms with E-state index in [0.717, 1.165) is 0 Å². The van der Waals surface area contributed by atoms with Gasteiger partial charge < -0.3 is 9.84 Å². The van der Waals surface area contributed by atoms with E-state index in [1.807, 2.05) is 27.7 Å². The van der Waals surface area contributed by atoms with E-state index in [2.05, 4.69) is 4.74 Å². The van der Waals surface area contributed by atoms with E-state index >= 15 is 0 Å². The lowest BCUT2D eigenvalue weighted by Gasteiger charge is -2.15. The molecule has 0 atom stereocenters. The summed E-state index contributed by atoms with van der Waals surface area (Å²) in [4.78, 5) is 19.4. The van der Waals surface area contributed by atoms with Gasteiger partial charge in [0.25, 0.3) is 0 Å². The molecule has 0 aliphatic carbocycles. The molecule has 0 aromatic heterocycles. The Hall–Kier alpha value is -0.810. The van der Waals surface area contributed by atoms with Crippen molar-refractivity contribution in [1.29, 1.82) is 0 Å². The molecule has 0 bridgehead atoms. The number of ether oxygens (including phenoxy) is 1. The minimum Gasteiger partial charge on any atom is -0.450 e. The molecule has 0 rings (SSSR count). The molecule has 0 heterocycles. The fraction of sp³-hybridized carbons (Fsp3) is 0.909. The van der Waals surface area contributed by atoms with Crippen LogP contribution in [0.3, 0.4) is 0 Å². The largest absolute Gasteiger partial charge is 0.506 e. The molecule has 5 heteroatoms. The van der Waals surface area contributed by atoms with Crippen molar-refractivity contribution in [2.24, 2.45) is 0 Å². The van der Waals surface area contributed by atoms with Crippen LogP contribution in [0.15, 0.2) is 0 Å². The smallest absolute Gasteiger partial charge is 0.450 e. The lowest BCUT2D eigenvalue weighted by atomic mass is 10.2. The Balaban J connectivity index is 0. The molecule has 0 unspecified atom stereocenters. The zero-order valence-corrected chi connectivity index (χ0v) is 11.2. The maximum Gasteiger partial charge on any atom is 0.506 e. The molecule has 0 aromatic rings. The van der Waals surface area contributed by atoms with Gasteiger partial charge in [-0.2, -0.15) is 0 Å². The lowest BCUT2D eigenvalue weighted by molar-refractivity contribution is -0.337. The molecule has 0 aromatic carbocycles. The van der Waals surface area contributed by atoms with E-state index in [9.17, 15) is 4.79 Å². The Bertz CT molecular complexity index is 173. The Morgan fingerprint density at radius 2 is 1.31 bits per heavy atom. The zero-order chi connectivity index (χ0) is 13.4. The summed E-state index contributed by atoms with van der Waals surface area (Å²) in [6, 6.07) is 0. The van der Waals surface area contributed by atoms with Gasteiger partial charge in [0, 0.05) is 0 Å². The third-order valence-corrected chi connectivity index (χ3v) is 0.834. The second-order valence-electron chi connectivity index (χ2n) is 4.77. The maximum absolute atomic E-state index is 9.79. The van der Waals surface area contributed by atoms with Gasteiger partial charge in [-0.05, 0) is 48.5 Å². The number of carbonyl (C=O) groups is 1. The van der Waals surface area contributed by atoms with E-state index < -0.39 is 11.8 Å². The van der Waals surface area contributed by atoms with Crippen LogP contribution >= 0.6 is 0 Å². The standard InChI is InChI=1S/C6H14O2.C5H10O3/c1-5(2)7-8-6(3)4;1-5(2,3)8-4(6)7/h5-6H,1-4H3;1-3H3,(H,6,7). The van der Waals surface area contributed by atoms with E-state index in [4.69, 9.17) is 14.9 Å². The Kier molecular flexibility index (Phi) is 9.18. The number of rotatable bonds is 3. The van der Waals surface area contributed by atoms with Crippen LogP contribution in [-0.4, -0.2) is 29.1 Å². The minimum absolute atomic E-state index is 0.164. The molecule has 0 saturated carbocycles. The predicted molar refractivity (Wildman–Crippen MR) is 61.3 cm³/mol. The van der Waals surface area contributed by atoms with Crippen LogP contribution in [0.5, 0.6) is 0 Å². The van der Waals surface area contributed by atoms with Gasteiger partial charge in [0.05, 0.1) is 12.2 Å². The highest BCUT2D eigenvalue weighted by molar-refractivity contribution is 5.57. The van der Waals surface area contributed by atoms with Crippen LogP contribution < -0.4 is 0 Å². The minimum atomic E-state index is -1.22. The maximum atomic E-state index is 9.79. The van der Waals surface area contributed by atoms with Crippen LogP contribution in [0.4, 0.5) is 4.79 Å². The average molecular weight is 236 g/mol. The van der Waals surface area contributed by atoms with Crippen LogP contribution in [-0.2, 0) is 14.5 Å². The predicted octanol–water partition coefficient (Wildman–Crippen LogP) is 3.23. The number of hydrogen-bond acceptors (Lipinski definition) is 4. The van der Waals surface area contributed by atoms with Crippen molar-refractivity contribution >= 4 is 6.16 Å². The van der Waals surface area contributed by atoms with E-state index in [0.29, 0.717) is 0 Å². The second-order valence-corrected chi connectivity index (χ2v) is 4.77. The molecule has 0 spiro atoms. The topological polar surface area (TPSA) is 65.0 Å². The molecule has 1 N–H and O–H groups in total. The lowest BCUT2D eigenvalue weighted by Crippen LogP contribution is -2.22. The van der Waals surface area contributed by atoms with Crippen LogP contribution in [0, 0.1) is 0 Å². The third-order valence-electron chi connectivity index (χ3n) is 0.834. The molecular weight excluding hydrogens is 212 g/mol. The first-order valence-corrected chi connectivity index (χ1v) is 5.28. The van der Waals surface area contributed by atoms with E-state index in [-0.39, 0.29) is 12.2 Å². The molecular formula is C11H24O5. The summed E-state index contributed by atoms with van der Waals surface area (Å²) in [7, 11) is 0. The summed E-state index contributed by atoms with van der Waals surface area (Å²) in [6.45, 7) is 12.8. The highest BCUT2D eigenvalue weighted by Gasteiger charge is 2.13. The van der Waals surface area contributed by atoms with Crippen molar-refractivity contribution in [2.45, 2.75) is 66.3 Å². The molecule has 0 saturated heterocycles. The molecule has 98 valence electrons. The first kappa shape index (κ1) is 17.6. The van der Waals surface area contributed by atoms with Gasteiger partial charge in [0.2, 0.25) is 0 Å². The van der Waals surface area contributed by atoms with E-state index in [1.54, 1.807) is 20.8 Å². The van der Waals surface area contributed by atoms with Crippen molar-refractivity contribution in [2.75, 3.05) is 0 Å². The molecule has 0 radical (unpaired) electrons. The van der Waals surface area contributed by atoms with Gasteiger partial charge in [0.15, 0.2) is 0 Å². The summed E-state index contributed by atoms with van der Waals surface area (Å²) < 4.78 is 4.35. The quantitative estimate of drug-likeness (QED) is 0.463. The van der Waals surface area contributed by atoms with Gasteiger partial charge in [-0.3, -0.25) is 0 Å². The summed E-state index contributed by atoms with van der Waals surface area (Å²) in [5, 5.41) is 8.03. The first-order valence-electron chi connectivity index (χ1n) is 5.28. The van der Waals surface area contributed by atoms with Crippen molar-refractivity contribution in [3.05, 3.63) is 0 Å². The number of carboxylic acid groups (broad SMARTS) is 1. The van der Waals surface area contributed by atoms with Crippen molar-refractivity contribution in [1.82, 2.24) is 0 Å². The van der Waals surface area contributed by atoms with Crippen LogP contribution in [0.25, 0.3) is 0 Å². The average Bonchev–Trinajstić information content (AvgIpc) is 1.96. The van der Waals surface area contributed by atoms with Crippen molar-refractivity contribution < 1.29 is 24.4 Å². The molecule has 0 aliphatic rings. The molecule has 0 amide bonds. The van der Waals surface area contributed by atoms with E-state index in [1.165, 1.54) is 0 Å². The summed E-state index contributed by atoms with van der Waals surface area (Å²) in [5.41, 5.74) is -0.578. The summed E-state index contributed by atoms with van der Waals surface area (Å²) in [5.74, 6) is 0. The number of hydrogen-bond donors (Lipinski definition) is 1. The monoisotopic (exact) mass is 236 g/mol. The molecule has 0 aliphatic heterocycles. The zero-order valence-electron chi connectivity index (χ0n) is 11.2. The van der Waals surface area contributed by atoms with Gasteiger partial charge in [0.1, 0.15) is 5.60 Å². The fourth-order valence-electron chi connectivity index (χ4n) is 0.484. The van der Waals surface area contributed by atoms with Gasteiger partial charge >= 0.3 is 6.16 Å². The first-order chi connectivity index (χ1) is 7.04. The molecule has 16 heavy (non-hydrogen) atoms. The Morgan fingerprint density at radius 3 is 1.38 bits per heavy atom. The summed E-state index contributed by atoms with van der Waals surface area (Å²) >= 11 is 0. The SMILES string of the molecule is CC(C)(C)OC(=O)O.CC(C)OOC(C)C. The molecule has 5 nitrogen and oxygen atoms in total. The summed E-state index contributed by atoms with van der Waals surface area (Å²) in [6.07, 6.45) is -0.896. The fourth-order valence-corrected chi connectivity index (χ4v) is 0.484. The second kappa shape index (κ2) is 8.35. The Morgan fingerprint density at radius 1 is 1.00 bits per heavy atom. The van der Waals surface area contributed by atoms with Crippen molar-refractivity contribution in [3.63, 3.8) is 0 Å².